The number of carbonyl (C=O) groups excluding carboxylic acids is 4. The van der Waals surface area contributed by atoms with E-state index in [-0.39, 0.29) is 24.4 Å². The van der Waals surface area contributed by atoms with Gasteiger partial charge in [0.05, 0.1) is 5.70 Å². The van der Waals surface area contributed by atoms with Crippen molar-refractivity contribution in [3.05, 3.63) is 78.0 Å². The third-order valence-corrected chi connectivity index (χ3v) is 5.77. The van der Waals surface area contributed by atoms with Crippen molar-refractivity contribution in [2.24, 2.45) is 0 Å². The van der Waals surface area contributed by atoms with Crippen LogP contribution in [0.25, 0.3) is 5.70 Å². The standard InChI is InChI=1S/C26H26F3N3O4/c1-3-21-25(36)32(22(15-31(21)17(2)33)19-12-8-5-9-13-19)16-23(34)30-20(24(35)26(27,28)29)14-18-10-6-4-7-11-18/h4-13,15,20-21H,3,14,16H2,1-2H3,(H,30,34). The van der Waals surface area contributed by atoms with Crippen LogP contribution in [0, 0.1) is 0 Å². The summed E-state index contributed by atoms with van der Waals surface area (Å²) in [6.07, 6.45) is -3.80. The second-order valence-electron chi connectivity index (χ2n) is 8.33. The first-order valence-corrected chi connectivity index (χ1v) is 11.3. The molecule has 190 valence electrons. The summed E-state index contributed by atoms with van der Waals surface area (Å²) in [7, 11) is 0. The van der Waals surface area contributed by atoms with E-state index in [4.69, 9.17) is 0 Å². The molecule has 3 rings (SSSR count). The number of carbonyl (C=O) groups is 4. The molecule has 0 spiro atoms. The lowest BCUT2D eigenvalue weighted by atomic mass is 10.0. The van der Waals surface area contributed by atoms with E-state index < -0.39 is 42.4 Å². The molecule has 0 aliphatic carbocycles. The fraction of sp³-hybridized carbons (Fsp3) is 0.308. The molecule has 36 heavy (non-hydrogen) atoms. The molecule has 2 unspecified atom stereocenters. The number of ketones is 1. The maximum Gasteiger partial charge on any atom is 0.452 e. The van der Waals surface area contributed by atoms with E-state index >= 15 is 0 Å². The van der Waals surface area contributed by atoms with Crippen LogP contribution < -0.4 is 5.32 Å². The van der Waals surface area contributed by atoms with Gasteiger partial charge in [-0.1, -0.05) is 67.6 Å². The second-order valence-corrected chi connectivity index (χ2v) is 8.33. The summed E-state index contributed by atoms with van der Waals surface area (Å²) < 4.78 is 39.8. The number of benzene rings is 2. The Labute approximate surface area is 206 Å². The van der Waals surface area contributed by atoms with Gasteiger partial charge in [0.2, 0.25) is 11.8 Å². The van der Waals surface area contributed by atoms with Crippen LogP contribution in [-0.2, 0) is 25.6 Å². The first kappa shape index (κ1) is 26.7. The van der Waals surface area contributed by atoms with Gasteiger partial charge in [-0.05, 0) is 17.5 Å². The highest BCUT2D eigenvalue weighted by Crippen LogP contribution is 2.28. The van der Waals surface area contributed by atoms with E-state index in [0.29, 0.717) is 11.1 Å². The Morgan fingerprint density at radius 1 is 1.00 bits per heavy atom. The number of nitrogens with one attached hydrogen (secondary N) is 1. The van der Waals surface area contributed by atoms with Gasteiger partial charge in [-0.25, -0.2) is 0 Å². The minimum Gasteiger partial charge on any atom is -0.344 e. The maximum absolute atomic E-state index is 13.3. The van der Waals surface area contributed by atoms with Crippen LogP contribution in [-0.4, -0.2) is 58.1 Å². The lowest BCUT2D eigenvalue weighted by Crippen LogP contribution is -2.55. The maximum atomic E-state index is 13.3. The molecule has 0 saturated carbocycles. The quantitative estimate of drug-likeness (QED) is 0.602. The van der Waals surface area contributed by atoms with Crippen LogP contribution >= 0.6 is 0 Å². The summed E-state index contributed by atoms with van der Waals surface area (Å²) in [5.74, 6) is -3.94. The van der Waals surface area contributed by atoms with E-state index in [9.17, 15) is 32.3 Å². The molecule has 2 aromatic carbocycles. The van der Waals surface area contributed by atoms with Crippen molar-refractivity contribution in [3.63, 3.8) is 0 Å². The summed E-state index contributed by atoms with van der Waals surface area (Å²) in [6, 6.07) is 13.8. The Morgan fingerprint density at radius 3 is 2.11 bits per heavy atom. The Balaban J connectivity index is 1.90. The number of alkyl halides is 3. The normalized spacial score (nSPS) is 16.9. The number of Topliss-reactive ketones (excluding diaryl/α,β-unsaturated/α-hetero) is 1. The Kier molecular flexibility index (Phi) is 8.29. The summed E-state index contributed by atoms with van der Waals surface area (Å²) in [6.45, 7) is 2.39. The molecule has 0 bridgehead atoms. The number of halogens is 3. The van der Waals surface area contributed by atoms with Crippen LogP contribution in [0.4, 0.5) is 13.2 Å². The van der Waals surface area contributed by atoms with E-state index in [1.807, 2.05) is 0 Å². The van der Waals surface area contributed by atoms with Crippen LogP contribution in [0.1, 0.15) is 31.4 Å². The van der Waals surface area contributed by atoms with Crippen molar-refractivity contribution in [2.45, 2.75) is 44.9 Å². The van der Waals surface area contributed by atoms with Gasteiger partial charge >= 0.3 is 6.18 Å². The number of nitrogens with zero attached hydrogens (tertiary/aromatic N) is 2. The average Bonchev–Trinajstić information content (AvgIpc) is 2.84. The van der Waals surface area contributed by atoms with Gasteiger partial charge in [-0.2, -0.15) is 13.2 Å². The fourth-order valence-electron chi connectivity index (χ4n) is 4.03. The number of rotatable bonds is 8. The molecule has 1 aliphatic heterocycles. The summed E-state index contributed by atoms with van der Waals surface area (Å²) in [4.78, 5) is 53.0. The van der Waals surface area contributed by atoms with Crippen molar-refractivity contribution in [3.8, 4) is 0 Å². The molecule has 2 aromatic rings. The van der Waals surface area contributed by atoms with Gasteiger partial charge in [0.1, 0.15) is 18.6 Å². The highest BCUT2D eigenvalue weighted by atomic mass is 19.4. The SMILES string of the molecule is CCC1C(=O)N(CC(=O)NC(Cc2ccccc2)C(=O)C(F)(F)F)C(c2ccccc2)=CN1C(C)=O. The molecule has 0 aromatic heterocycles. The molecule has 1 aliphatic rings. The molecular weight excluding hydrogens is 475 g/mol. The second kappa shape index (κ2) is 11.2. The van der Waals surface area contributed by atoms with Crippen molar-refractivity contribution in [2.75, 3.05) is 6.54 Å². The first-order chi connectivity index (χ1) is 17.0. The average molecular weight is 502 g/mol. The van der Waals surface area contributed by atoms with Crippen molar-refractivity contribution in [1.29, 1.82) is 0 Å². The fourth-order valence-corrected chi connectivity index (χ4v) is 4.03. The highest BCUT2D eigenvalue weighted by molar-refractivity contribution is 6.00. The van der Waals surface area contributed by atoms with Gasteiger partial charge in [-0.3, -0.25) is 24.1 Å². The molecule has 1 N–H and O–H groups in total. The van der Waals surface area contributed by atoms with Crippen molar-refractivity contribution >= 4 is 29.2 Å². The minimum absolute atomic E-state index is 0.248. The monoisotopic (exact) mass is 501 g/mol. The zero-order valence-corrected chi connectivity index (χ0v) is 19.8. The van der Waals surface area contributed by atoms with Crippen molar-refractivity contribution in [1.82, 2.24) is 15.1 Å². The molecule has 1 heterocycles. The number of hydrogen-bond acceptors (Lipinski definition) is 4. The predicted octanol–water partition coefficient (Wildman–Crippen LogP) is 3.31. The Morgan fingerprint density at radius 2 is 1.58 bits per heavy atom. The van der Waals surface area contributed by atoms with Crippen LogP contribution in [0.5, 0.6) is 0 Å². The molecule has 7 nitrogen and oxygen atoms in total. The zero-order valence-electron chi connectivity index (χ0n) is 19.8. The van der Waals surface area contributed by atoms with Gasteiger partial charge in [0.25, 0.3) is 11.7 Å². The van der Waals surface area contributed by atoms with Gasteiger partial charge in [0, 0.05) is 19.5 Å². The lowest BCUT2D eigenvalue weighted by Gasteiger charge is -2.38. The van der Waals surface area contributed by atoms with Gasteiger partial charge in [0.15, 0.2) is 0 Å². The molecule has 0 radical (unpaired) electrons. The molecule has 0 fully saturated rings. The van der Waals surface area contributed by atoms with E-state index in [1.165, 1.54) is 18.0 Å². The number of amides is 3. The molecule has 0 saturated heterocycles. The largest absolute Gasteiger partial charge is 0.452 e. The topological polar surface area (TPSA) is 86.8 Å². The molecule has 10 heteroatoms. The van der Waals surface area contributed by atoms with Crippen molar-refractivity contribution < 1.29 is 32.3 Å². The minimum atomic E-state index is -5.15. The molecule has 2 atom stereocenters. The van der Waals surface area contributed by atoms with E-state index in [0.717, 1.165) is 4.90 Å². The third-order valence-electron chi connectivity index (χ3n) is 5.77. The van der Waals surface area contributed by atoms with Crippen LogP contribution in [0.15, 0.2) is 66.9 Å². The zero-order chi connectivity index (χ0) is 26.5. The summed E-state index contributed by atoms with van der Waals surface area (Å²) in [5.41, 5.74) is 1.21. The summed E-state index contributed by atoms with van der Waals surface area (Å²) >= 11 is 0. The van der Waals surface area contributed by atoms with Crippen LogP contribution in [0.3, 0.4) is 0 Å². The number of hydrogen-bond donors (Lipinski definition) is 1. The molecular formula is C26H26F3N3O4. The third kappa shape index (κ3) is 6.18. The first-order valence-electron chi connectivity index (χ1n) is 11.3. The van der Waals surface area contributed by atoms with Gasteiger partial charge in [-0.15, -0.1) is 0 Å². The predicted molar refractivity (Wildman–Crippen MR) is 126 cm³/mol. The Bertz CT molecular complexity index is 1150. The summed E-state index contributed by atoms with van der Waals surface area (Å²) in [5, 5.41) is 2.17. The highest BCUT2D eigenvalue weighted by Gasteiger charge is 2.44. The van der Waals surface area contributed by atoms with E-state index in [2.05, 4.69) is 5.32 Å². The smallest absolute Gasteiger partial charge is 0.344 e. The Hall–Kier alpha value is -3.95. The van der Waals surface area contributed by atoms with Crippen LogP contribution in [0.2, 0.25) is 0 Å². The van der Waals surface area contributed by atoms with E-state index in [1.54, 1.807) is 67.6 Å². The van der Waals surface area contributed by atoms with Gasteiger partial charge < -0.3 is 10.2 Å². The lowest BCUT2D eigenvalue weighted by molar-refractivity contribution is -0.173. The molecule has 3 amide bonds.